The Balaban J connectivity index is 1.58. The first-order valence-corrected chi connectivity index (χ1v) is 11.4. The summed E-state index contributed by atoms with van der Waals surface area (Å²) >= 11 is 0. The molecule has 0 radical (unpaired) electrons. The molecule has 0 amide bonds. The molecule has 1 atom stereocenters. The van der Waals surface area contributed by atoms with E-state index in [0.717, 1.165) is 36.5 Å². The number of halogens is 3. The van der Waals surface area contributed by atoms with Gasteiger partial charge in [0.25, 0.3) is 0 Å². The minimum absolute atomic E-state index is 0.0277. The molecule has 2 aromatic rings. The van der Waals surface area contributed by atoms with E-state index < -0.39 is 17.5 Å². The van der Waals surface area contributed by atoms with Crippen LogP contribution in [0.1, 0.15) is 82.8 Å². The predicted molar refractivity (Wildman–Crippen MR) is 115 cm³/mol. The molecule has 0 aromatic heterocycles. The van der Waals surface area contributed by atoms with E-state index in [4.69, 9.17) is 4.74 Å². The highest BCUT2D eigenvalue weighted by Gasteiger charge is 2.23. The van der Waals surface area contributed by atoms with Crippen LogP contribution in [-0.2, 0) is 0 Å². The largest absolute Gasteiger partial charge is 0.486 e. The average molecular weight is 419 g/mol. The van der Waals surface area contributed by atoms with Crippen molar-refractivity contribution in [2.45, 2.75) is 77.2 Å². The maximum Gasteiger partial charge on any atom is 0.194 e. The Morgan fingerprint density at radius 1 is 0.867 bits per heavy atom. The van der Waals surface area contributed by atoms with Gasteiger partial charge in [-0.1, -0.05) is 88.6 Å². The number of hydrogen-bond donors (Lipinski definition) is 0. The standard InChI is InChI=1S/C26H33F3O/c1-2-3-5-8-19-11-13-20(14-12-19)15-16-25(21-9-6-4-7-10-21)30-22-17-23(27)26(29)24(28)18-22/h4,6-7,9-10,17-20,25H,2-3,5,8,11-16H2,1H3/t19-,20-,25?. The van der Waals surface area contributed by atoms with Gasteiger partial charge >= 0.3 is 0 Å². The molecule has 0 aliphatic heterocycles. The smallest absolute Gasteiger partial charge is 0.194 e. The van der Waals surface area contributed by atoms with Crippen LogP contribution in [0.15, 0.2) is 42.5 Å². The topological polar surface area (TPSA) is 9.23 Å². The van der Waals surface area contributed by atoms with Crippen LogP contribution < -0.4 is 4.74 Å². The van der Waals surface area contributed by atoms with Crippen LogP contribution in [0.4, 0.5) is 13.2 Å². The van der Waals surface area contributed by atoms with Crippen molar-refractivity contribution in [3.05, 3.63) is 65.5 Å². The fourth-order valence-electron chi connectivity index (χ4n) is 4.60. The maximum absolute atomic E-state index is 13.6. The Kier molecular flexibility index (Phi) is 8.65. The summed E-state index contributed by atoms with van der Waals surface area (Å²) in [5, 5.41) is 0. The Morgan fingerprint density at radius 2 is 1.47 bits per heavy atom. The number of hydrogen-bond acceptors (Lipinski definition) is 1. The van der Waals surface area contributed by atoms with Gasteiger partial charge in [0.2, 0.25) is 0 Å². The average Bonchev–Trinajstić information content (AvgIpc) is 2.76. The van der Waals surface area contributed by atoms with Gasteiger partial charge in [-0.2, -0.15) is 0 Å². The van der Waals surface area contributed by atoms with Gasteiger partial charge in [0.05, 0.1) is 0 Å². The maximum atomic E-state index is 13.6. The molecule has 30 heavy (non-hydrogen) atoms. The molecule has 1 aliphatic rings. The van der Waals surface area contributed by atoms with Crippen LogP contribution in [0.25, 0.3) is 0 Å². The number of benzene rings is 2. The van der Waals surface area contributed by atoms with Gasteiger partial charge in [0.1, 0.15) is 11.9 Å². The summed E-state index contributed by atoms with van der Waals surface area (Å²) in [5.41, 5.74) is 0.968. The first kappa shape index (κ1) is 22.7. The van der Waals surface area contributed by atoms with Gasteiger partial charge < -0.3 is 4.74 Å². The SMILES string of the molecule is CCCCC[C@H]1CC[C@H](CCC(Oc2cc(F)c(F)c(F)c2)c2ccccc2)CC1. The molecule has 0 heterocycles. The molecular weight excluding hydrogens is 385 g/mol. The minimum atomic E-state index is -1.46. The van der Waals surface area contributed by atoms with Crippen molar-refractivity contribution in [2.75, 3.05) is 0 Å². The third-order valence-electron chi connectivity index (χ3n) is 6.43. The number of unbranched alkanes of at least 4 members (excludes halogenated alkanes) is 2. The molecule has 164 valence electrons. The summed E-state index contributed by atoms with van der Waals surface area (Å²) in [7, 11) is 0. The molecule has 1 saturated carbocycles. The number of rotatable bonds is 10. The van der Waals surface area contributed by atoms with Crippen molar-refractivity contribution in [1.29, 1.82) is 0 Å². The summed E-state index contributed by atoms with van der Waals surface area (Å²) in [5.74, 6) is -2.34. The lowest BCUT2D eigenvalue weighted by molar-refractivity contribution is 0.166. The van der Waals surface area contributed by atoms with E-state index in [9.17, 15) is 13.2 Å². The van der Waals surface area contributed by atoms with Crippen LogP contribution in [-0.4, -0.2) is 0 Å². The van der Waals surface area contributed by atoms with Gasteiger partial charge in [0.15, 0.2) is 17.5 Å². The second kappa shape index (κ2) is 11.4. The van der Waals surface area contributed by atoms with Crippen molar-refractivity contribution < 1.29 is 17.9 Å². The Morgan fingerprint density at radius 3 is 2.07 bits per heavy atom. The van der Waals surface area contributed by atoms with E-state index in [1.807, 2.05) is 30.3 Å². The molecule has 4 heteroatoms. The highest BCUT2D eigenvalue weighted by Crippen LogP contribution is 2.37. The normalized spacial score (nSPS) is 20.1. The molecule has 3 rings (SSSR count). The Hall–Kier alpha value is -1.97. The monoisotopic (exact) mass is 418 g/mol. The lowest BCUT2D eigenvalue weighted by atomic mass is 9.77. The molecule has 1 aliphatic carbocycles. The van der Waals surface area contributed by atoms with Crippen LogP contribution in [0.3, 0.4) is 0 Å². The molecule has 0 spiro atoms. The van der Waals surface area contributed by atoms with Crippen molar-refractivity contribution >= 4 is 0 Å². The second-order valence-corrected chi connectivity index (χ2v) is 8.68. The Bertz CT molecular complexity index is 746. The number of ether oxygens (including phenoxy) is 1. The molecule has 1 unspecified atom stereocenters. The van der Waals surface area contributed by atoms with Crippen molar-refractivity contribution in [3.8, 4) is 5.75 Å². The van der Waals surface area contributed by atoms with Crippen LogP contribution in [0.5, 0.6) is 5.75 Å². The summed E-state index contributed by atoms with van der Waals surface area (Å²) in [6, 6.07) is 11.6. The minimum Gasteiger partial charge on any atom is -0.486 e. The zero-order chi connectivity index (χ0) is 21.3. The van der Waals surface area contributed by atoms with Gasteiger partial charge in [-0.3, -0.25) is 0 Å². The van der Waals surface area contributed by atoms with Crippen molar-refractivity contribution in [1.82, 2.24) is 0 Å². The molecule has 0 saturated heterocycles. The zero-order valence-electron chi connectivity index (χ0n) is 17.9. The van der Waals surface area contributed by atoms with E-state index in [1.165, 1.54) is 51.4 Å². The molecule has 2 aromatic carbocycles. The van der Waals surface area contributed by atoms with Crippen LogP contribution in [0, 0.1) is 29.3 Å². The van der Waals surface area contributed by atoms with Gasteiger partial charge in [0, 0.05) is 12.1 Å². The van der Waals surface area contributed by atoms with Gasteiger partial charge in [-0.25, -0.2) is 13.2 Å². The van der Waals surface area contributed by atoms with Crippen molar-refractivity contribution in [2.24, 2.45) is 11.8 Å². The van der Waals surface area contributed by atoms with Gasteiger partial charge in [-0.15, -0.1) is 0 Å². The van der Waals surface area contributed by atoms with Crippen LogP contribution in [0.2, 0.25) is 0 Å². The lowest BCUT2D eigenvalue weighted by Crippen LogP contribution is -2.17. The van der Waals surface area contributed by atoms with E-state index in [2.05, 4.69) is 6.92 Å². The van der Waals surface area contributed by atoms with E-state index in [-0.39, 0.29) is 11.9 Å². The van der Waals surface area contributed by atoms with Crippen LogP contribution >= 0.6 is 0 Å². The highest BCUT2D eigenvalue weighted by atomic mass is 19.2. The summed E-state index contributed by atoms with van der Waals surface area (Å²) in [4.78, 5) is 0. The van der Waals surface area contributed by atoms with E-state index >= 15 is 0 Å². The first-order valence-electron chi connectivity index (χ1n) is 11.4. The fraction of sp³-hybridized carbons (Fsp3) is 0.538. The molecule has 0 bridgehead atoms. The molecule has 1 fully saturated rings. The third-order valence-corrected chi connectivity index (χ3v) is 6.43. The molecular formula is C26H33F3O. The fourth-order valence-corrected chi connectivity index (χ4v) is 4.60. The van der Waals surface area contributed by atoms with Crippen molar-refractivity contribution in [3.63, 3.8) is 0 Å². The molecule has 1 nitrogen and oxygen atoms in total. The van der Waals surface area contributed by atoms with Gasteiger partial charge in [-0.05, 0) is 30.2 Å². The quantitative estimate of drug-likeness (QED) is 0.278. The summed E-state index contributed by atoms with van der Waals surface area (Å²) < 4.78 is 46.5. The third kappa shape index (κ3) is 6.52. The first-order chi connectivity index (χ1) is 14.6. The van der Waals surface area contributed by atoms with E-state index in [0.29, 0.717) is 5.92 Å². The summed E-state index contributed by atoms with van der Waals surface area (Å²) in [6.45, 7) is 2.25. The van der Waals surface area contributed by atoms with E-state index in [1.54, 1.807) is 0 Å². The Labute approximate surface area is 178 Å². The second-order valence-electron chi connectivity index (χ2n) is 8.68. The summed E-state index contributed by atoms with van der Waals surface area (Å²) in [6.07, 6.45) is 11.9. The zero-order valence-corrected chi connectivity index (χ0v) is 17.9. The highest BCUT2D eigenvalue weighted by molar-refractivity contribution is 5.27. The lowest BCUT2D eigenvalue weighted by Gasteiger charge is -2.30. The predicted octanol–water partition coefficient (Wildman–Crippen LogP) is 8.39. The molecule has 0 N–H and O–H groups in total.